The molecule has 0 N–H and O–H groups in total. The standard InChI is InChI=1S/C23H21FN2O3/c1-3-27-21-9-5-8-17-19-13-18(20-11-10-14(2)28-20)25-26(19)23(29-22(17)21)15-6-4-7-16(24)12-15/h4-12,19,23H,3,13H2,1-2H3/t19-,23+/m1/s1. The highest BCUT2D eigenvalue weighted by molar-refractivity contribution is 5.99. The molecule has 2 aliphatic heterocycles. The van der Waals surface area contributed by atoms with Gasteiger partial charge < -0.3 is 13.9 Å². The molecule has 148 valence electrons. The minimum absolute atomic E-state index is 0.0483. The molecule has 2 aromatic carbocycles. The Hall–Kier alpha value is -3.28. The van der Waals surface area contributed by atoms with Crippen molar-refractivity contribution in [3.05, 3.63) is 83.1 Å². The second-order valence-corrected chi connectivity index (χ2v) is 7.19. The number of para-hydroxylation sites is 1. The highest BCUT2D eigenvalue weighted by atomic mass is 19.1. The van der Waals surface area contributed by atoms with Gasteiger partial charge in [-0.05, 0) is 44.2 Å². The van der Waals surface area contributed by atoms with E-state index in [1.54, 1.807) is 6.07 Å². The number of fused-ring (bicyclic) bond motifs is 3. The van der Waals surface area contributed by atoms with Gasteiger partial charge in [0.15, 0.2) is 11.5 Å². The number of rotatable bonds is 4. The number of ether oxygens (including phenoxy) is 2. The van der Waals surface area contributed by atoms with Gasteiger partial charge in [-0.1, -0.05) is 24.3 Å². The van der Waals surface area contributed by atoms with Crippen LogP contribution in [0.15, 0.2) is 64.1 Å². The first-order valence-corrected chi connectivity index (χ1v) is 9.74. The maximum atomic E-state index is 14.0. The van der Waals surface area contributed by atoms with Crippen LogP contribution >= 0.6 is 0 Å². The first kappa shape index (κ1) is 17.8. The van der Waals surface area contributed by atoms with Gasteiger partial charge in [-0.25, -0.2) is 9.40 Å². The number of benzene rings is 2. The Morgan fingerprint density at radius 1 is 1.17 bits per heavy atom. The molecule has 0 bridgehead atoms. The van der Waals surface area contributed by atoms with E-state index in [4.69, 9.17) is 19.0 Å². The van der Waals surface area contributed by atoms with E-state index in [0.29, 0.717) is 30.1 Å². The third-order valence-electron chi connectivity index (χ3n) is 5.24. The quantitative estimate of drug-likeness (QED) is 0.599. The van der Waals surface area contributed by atoms with Crippen molar-refractivity contribution in [3.63, 3.8) is 0 Å². The molecule has 5 rings (SSSR count). The van der Waals surface area contributed by atoms with Crippen molar-refractivity contribution in [3.8, 4) is 11.5 Å². The Bertz CT molecular complexity index is 1090. The Kier molecular flexibility index (Phi) is 4.27. The minimum Gasteiger partial charge on any atom is -0.490 e. The summed E-state index contributed by atoms with van der Waals surface area (Å²) in [7, 11) is 0. The van der Waals surface area contributed by atoms with E-state index in [9.17, 15) is 4.39 Å². The summed E-state index contributed by atoms with van der Waals surface area (Å²) in [5, 5.41) is 6.73. The molecule has 0 saturated heterocycles. The molecule has 2 aliphatic rings. The molecule has 29 heavy (non-hydrogen) atoms. The first-order valence-electron chi connectivity index (χ1n) is 9.74. The van der Waals surface area contributed by atoms with Crippen LogP contribution in [-0.4, -0.2) is 17.3 Å². The lowest BCUT2D eigenvalue weighted by molar-refractivity contribution is -0.0214. The molecule has 0 amide bonds. The molecule has 0 spiro atoms. The average molecular weight is 392 g/mol. The lowest BCUT2D eigenvalue weighted by Gasteiger charge is -2.38. The molecular formula is C23H21FN2O3. The molecule has 0 aliphatic carbocycles. The molecule has 5 nitrogen and oxygen atoms in total. The van der Waals surface area contributed by atoms with Crippen LogP contribution in [0.3, 0.4) is 0 Å². The average Bonchev–Trinajstić information content (AvgIpc) is 3.34. The SMILES string of the molecule is CCOc1cccc2c1O[C@@H](c1cccc(F)c1)N1N=C(c3ccc(C)o3)C[C@H]21. The largest absolute Gasteiger partial charge is 0.490 e. The number of furan rings is 1. The summed E-state index contributed by atoms with van der Waals surface area (Å²) >= 11 is 0. The van der Waals surface area contributed by atoms with Crippen molar-refractivity contribution < 1.29 is 18.3 Å². The van der Waals surface area contributed by atoms with Crippen LogP contribution in [-0.2, 0) is 0 Å². The second kappa shape index (κ2) is 6.95. The zero-order valence-corrected chi connectivity index (χ0v) is 16.3. The number of hydrogen-bond donors (Lipinski definition) is 0. The van der Waals surface area contributed by atoms with Crippen LogP contribution in [0.1, 0.15) is 48.3 Å². The predicted molar refractivity (Wildman–Crippen MR) is 107 cm³/mol. The third kappa shape index (κ3) is 3.05. The number of hydrazone groups is 1. The Balaban J connectivity index is 1.62. The van der Waals surface area contributed by atoms with Gasteiger partial charge >= 0.3 is 0 Å². The molecule has 6 heteroatoms. The summed E-state index contributed by atoms with van der Waals surface area (Å²) in [5.74, 6) is 2.66. The van der Waals surface area contributed by atoms with Gasteiger partial charge in [0.25, 0.3) is 0 Å². The second-order valence-electron chi connectivity index (χ2n) is 7.19. The van der Waals surface area contributed by atoms with Gasteiger partial charge in [-0.3, -0.25) is 0 Å². The maximum Gasteiger partial charge on any atom is 0.214 e. The van der Waals surface area contributed by atoms with Gasteiger partial charge in [0.1, 0.15) is 23.0 Å². The molecule has 2 atom stereocenters. The Morgan fingerprint density at radius 3 is 2.79 bits per heavy atom. The Labute approximate surface area is 168 Å². The third-order valence-corrected chi connectivity index (χ3v) is 5.24. The fraction of sp³-hybridized carbons (Fsp3) is 0.261. The van der Waals surface area contributed by atoms with Crippen molar-refractivity contribution in [2.24, 2.45) is 5.10 Å². The van der Waals surface area contributed by atoms with Gasteiger partial charge in [-0.15, -0.1) is 0 Å². The molecule has 0 saturated carbocycles. The number of aryl methyl sites for hydroxylation is 1. The van der Waals surface area contributed by atoms with E-state index < -0.39 is 6.23 Å². The van der Waals surface area contributed by atoms with Crippen molar-refractivity contribution >= 4 is 5.71 Å². The maximum absolute atomic E-state index is 14.0. The first-order chi connectivity index (χ1) is 14.1. The van der Waals surface area contributed by atoms with Gasteiger partial charge in [0, 0.05) is 17.5 Å². The van der Waals surface area contributed by atoms with Gasteiger partial charge in [-0.2, -0.15) is 5.10 Å². The lowest BCUT2D eigenvalue weighted by atomic mass is 9.97. The van der Waals surface area contributed by atoms with E-state index in [1.807, 2.05) is 55.3 Å². The highest BCUT2D eigenvalue weighted by Gasteiger charge is 2.42. The smallest absolute Gasteiger partial charge is 0.214 e. The Morgan fingerprint density at radius 2 is 2.03 bits per heavy atom. The van der Waals surface area contributed by atoms with Crippen LogP contribution in [0.25, 0.3) is 0 Å². The number of nitrogens with zero attached hydrogens (tertiary/aromatic N) is 2. The summed E-state index contributed by atoms with van der Waals surface area (Å²) in [6.45, 7) is 4.38. The van der Waals surface area contributed by atoms with Crippen LogP contribution in [0, 0.1) is 12.7 Å². The van der Waals surface area contributed by atoms with E-state index in [1.165, 1.54) is 12.1 Å². The summed E-state index contributed by atoms with van der Waals surface area (Å²) in [5.41, 5.74) is 2.56. The monoisotopic (exact) mass is 392 g/mol. The predicted octanol–water partition coefficient (Wildman–Crippen LogP) is 5.37. The van der Waals surface area contributed by atoms with Crippen molar-refractivity contribution in [2.75, 3.05) is 6.61 Å². The topological polar surface area (TPSA) is 47.2 Å². The van der Waals surface area contributed by atoms with Crippen LogP contribution in [0.4, 0.5) is 4.39 Å². The van der Waals surface area contributed by atoms with Crippen LogP contribution in [0.2, 0.25) is 0 Å². The zero-order valence-electron chi connectivity index (χ0n) is 16.3. The van der Waals surface area contributed by atoms with Gasteiger partial charge in [0.2, 0.25) is 6.23 Å². The summed E-state index contributed by atoms with van der Waals surface area (Å²) in [6.07, 6.45) is 0.114. The summed E-state index contributed by atoms with van der Waals surface area (Å²) in [4.78, 5) is 0. The van der Waals surface area contributed by atoms with Crippen molar-refractivity contribution in [2.45, 2.75) is 32.5 Å². The van der Waals surface area contributed by atoms with E-state index >= 15 is 0 Å². The highest BCUT2D eigenvalue weighted by Crippen LogP contribution is 2.50. The number of hydrogen-bond acceptors (Lipinski definition) is 5. The molecule has 0 radical (unpaired) electrons. The fourth-order valence-electron chi connectivity index (χ4n) is 3.97. The van der Waals surface area contributed by atoms with Crippen LogP contribution < -0.4 is 9.47 Å². The molecule has 3 heterocycles. The van der Waals surface area contributed by atoms with Crippen LogP contribution in [0.5, 0.6) is 11.5 Å². The summed E-state index contributed by atoms with van der Waals surface area (Å²) < 4.78 is 31.9. The molecule has 1 aromatic heterocycles. The van der Waals surface area contributed by atoms with E-state index in [0.717, 1.165) is 22.8 Å². The zero-order chi connectivity index (χ0) is 20.0. The van der Waals surface area contributed by atoms with E-state index in [2.05, 4.69) is 0 Å². The minimum atomic E-state index is -0.557. The fourth-order valence-corrected chi connectivity index (χ4v) is 3.97. The van der Waals surface area contributed by atoms with Gasteiger partial charge in [0.05, 0.1) is 12.6 Å². The number of halogens is 1. The van der Waals surface area contributed by atoms with Crippen molar-refractivity contribution in [1.82, 2.24) is 5.01 Å². The molecular weight excluding hydrogens is 371 g/mol. The molecule has 0 unspecified atom stereocenters. The lowest BCUT2D eigenvalue weighted by Crippen LogP contribution is -2.34. The normalized spacial score (nSPS) is 20.0. The molecule has 0 fully saturated rings. The van der Waals surface area contributed by atoms with Crippen molar-refractivity contribution in [1.29, 1.82) is 0 Å². The molecule has 3 aromatic rings. The van der Waals surface area contributed by atoms with E-state index in [-0.39, 0.29) is 11.9 Å². The summed E-state index contributed by atoms with van der Waals surface area (Å²) in [6, 6.07) is 16.1.